The van der Waals surface area contributed by atoms with Gasteiger partial charge in [0.1, 0.15) is 5.52 Å². The molecule has 0 bridgehead atoms. The molecule has 1 atom stereocenters. The van der Waals surface area contributed by atoms with Crippen molar-refractivity contribution in [3.8, 4) is 0 Å². The van der Waals surface area contributed by atoms with E-state index in [1.807, 2.05) is 19.2 Å². The van der Waals surface area contributed by atoms with Crippen LogP contribution in [-0.2, 0) is 4.74 Å². The Balaban J connectivity index is 1.58. The lowest BCUT2D eigenvalue weighted by Crippen LogP contribution is -2.42. The number of hydrogen-bond acceptors (Lipinski definition) is 6. The topological polar surface area (TPSA) is 74.9 Å². The highest BCUT2D eigenvalue weighted by atomic mass is 16.5. The normalized spacial score (nSPS) is 18.0. The molecule has 0 aliphatic carbocycles. The highest BCUT2D eigenvalue weighted by molar-refractivity contribution is 5.67. The molecule has 114 valence electrons. The van der Waals surface area contributed by atoms with E-state index in [0.717, 1.165) is 43.3 Å². The zero-order valence-electron chi connectivity index (χ0n) is 12.2. The molecule has 1 aliphatic rings. The number of aliphatic hydroxyl groups is 1. The maximum atomic E-state index is 10.1. The molecule has 2 N–H and O–H groups in total. The highest BCUT2D eigenvalue weighted by Crippen LogP contribution is 2.14. The molecule has 0 aromatic carbocycles. The molecule has 7 nitrogen and oxygen atoms in total. The number of aryl methyl sites for hydroxylation is 1. The second-order valence-corrected chi connectivity index (χ2v) is 5.34. The molecule has 1 unspecified atom stereocenters. The average molecular weight is 291 g/mol. The van der Waals surface area contributed by atoms with Gasteiger partial charge in [0.2, 0.25) is 0 Å². The first kappa shape index (κ1) is 14.2. The number of nitrogens with zero attached hydrogens (tertiary/aromatic N) is 4. The zero-order chi connectivity index (χ0) is 14.7. The zero-order valence-corrected chi connectivity index (χ0v) is 12.2. The predicted octanol–water partition coefficient (Wildman–Crippen LogP) is 0.143. The Morgan fingerprint density at radius 2 is 2.24 bits per heavy atom. The summed E-state index contributed by atoms with van der Waals surface area (Å²) < 4.78 is 7.09. The molecule has 1 saturated heterocycles. The number of hydrogen-bond donors (Lipinski definition) is 2. The summed E-state index contributed by atoms with van der Waals surface area (Å²) in [6, 6.07) is 1.98. The summed E-state index contributed by atoms with van der Waals surface area (Å²) in [6.07, 6.45) is 3.09. The van der Waals surface area contributed by atoms with Gasteiger partial charge < -0.3 is 15.2 Å². The van der Waals surface area contributed by atoms with E-state index in [2.05, 4.69) is 20.3 Å². The first-order valence-electron chi connectivity index (χ1n) is 7.25. The molecule has 21 heavy (non-hydrogen) atoms. The van der Waals surface area contributed by atoms with Gasteiger partial charge >= 0.3 is 0 Å². The predicted molar refractivity (Wildman–Crippen MR) is 79.5 cm³/mol. The van der Waals surface area contributed by atoms with Gasteiger partial charge in [0.05, 0.1) is 25.0 Å². The number of rotatable bonds is 5. The van der Waals surface area contributed by atoms with Crippen molar-refractivity contribution in [1.82, 2.24) is 19.5 Å². The number of fused-ring (bicyclic) bond motifs is 1. The first-order valence-corrected chi connectivity index (χ1v) is 7.25. The number of aromatic nitrogens is 3. The van der Waals surface area contributed by atoms with Crippen molar-refractivity contribution in [1.29, 1.82) is 0 Å². The third-order valence-electron chi connectivity index (χ3n) is 3.59. The van der Waals surface area contributed by atoms with Crippen LogP contribution in [0.4, 0.5) is 5.82 Å². The van der Waals surface area contributed by atoms with Crippen molar-refractivity contribution in [3.05, 3.63) is 24.2 Å². The van der Waals surface area contributed by atoms with E-state index in [1.54, 1.807) is 10.7 Å². The van der Waals surface area contributed by atoms with Crippen molar-refractivity contribution in [3.63, 3.8) is 0 Å². The van der Waals surface area contributed by atoms with Crippen molar-refractivity contribution >= 4 is 11.3 Å². The maximum absolute atomic E-state index is 10.1. The fraction of sp³-hybridized carbons (Fsp3) is 0.571. The van der Waals surface area contributed by atoms with Crippen LogP contribution >= 0.6 is 0 Å². The minimum Gasteiger partial charge on any atom is -0.390 e. The lowest BCUT2D eigenvalue weighted by atomic mass is 10.3. The Labute approximate surface area is 123 Å². The summed E-state index contributed by atoms with van der Waals surface area (Å²) in [5, 5.41) is 17.7. The summed E-state index contributed by atoms with van der Waals surface area (Å²) >= 11 is 0. The molecule has 1 fully saturated rings. The molecular weight excluding hydrogens is 270 g/mol. The van der Waals surface area contributed by atoms with Crippen LogP contribution in [0.15, 0.2) is 18.5 Å². The van der Waals surface area contributed by atoms with E-state index in [1.165, 1.54) is 0 Å². The summed E-state index contributed by atoms with van der Waals surface area (Å²) in [7, 11) is 0. The van der Waals surface area contributed by atoms with E-state index in [-0.39, 0.29) is 0 Å². The average Bonchev–Trinajstić information content (AvgIpc) is 2.87. The van der Waals surface area contributed by atoms with E-state index >= 15 is 0 Å². The van der Waals surface area contributed by atoms with Gasteiger partial charge in [-0.15, -0.1) is 0 Å². The molecule has 0 saturated carbocycles. The molecular formula is C14H21N5O2. The van der Waals surface area contributed by atoms with Crippen LogP contribution in [-0.4, -0.2) is 70.1 Å². The molecule has 3 heterocycles. The van der Waals surface area contributed by atoms with Crippen LogP contribution in [0.1, 0.15) is 5.69 Å². The van der Waals surface area contributed by atoms with Gasteiger partial charge in [-0.3, -0.25) is 4.90 Å². The number of β-amino-alcohol motifs (C(OH)–C–C–N with tert-alkyl or cyclic N) is 1. The first-order chi connectivity index (χ1) is 10.2. The minimum atomic E-state index is -0.436. The Kier molecular flexibility index (Phi) is 4.33. The maximum Gasteiger partial charge on any atom is 0.152 e. The van der Waals surface area contributed by atoms with Crippen LogP contribution in [0.2, 0.25) is 0 Å². The quantitative estimate of drug-likeness (QED) is 0.816. The molecule has 7 heteroatoms. The molecule has 0 radical (unpaired) electrons. The standard InChI is InChI=1S/C14H21N5O2/c1-11-8-13-14(15-2-3-19(13)17-11)16-9-12(20)10-18-4-6-21-7-5-18/h2-3,8,12,20H,4-7,9-10H2,1H3,(H,15,16). The van der Waals surface area contributed by atoms with E-state index < -0.39 is 6.10 Å². The Bertz CT molecular complexity index is 594. The number of ether oxygens (including phenoxy) is 1. The SMILES string of the molecule is Cc1cc2c(NCC(O)CN3CCOCC3)nccn2n1. The summed E-state index contributed by atoms with van der Waals surface area (Å²) in [4.78, 5) is 6.54. The monoisotopic (exact) mass is 291 g/mol. The number of morpholine rings is 1. The number of anilines is 1. The third kappa shape index (κ3) is 3.49. The van der Waals surface area contributed by atoms with Crippen LogP contribution < -0.4 is 5.32 Å². The summed E-state index contributed by atoms with van der Waals surface area (Å²) in [5.41, 5.74) is 1.87. The number of aliphatic hydroxyl groups excluding tert-OH is 1. The lowest BCUT2D eigenvalue weighted by molar-refractivity contribution is 0.0171. The van der Waals surface area contributed by atoms with Crippen molar-refractivity contribution in [2.24, 2.45) is 0 Å². The largest absolute Gasteiger partial charge is 0.390 e. The molecule has 0 spiro atoms. The molecule has 2 aromatic rings. The Morgan fingerprint density at radius 1 is 1.43 bits per heavy atom. The third-order valence-corrected chi connectivity index (χ3v) is 3.59. The Morgan fingerprint density at radius 3 is 3.05 bits per heavy atom. The van der Waals surface area contributed by atoms with E-state index in [9.17, 15) is 5.11 Å². The van der Waals surface area contributed by atoms with Crippen LogP contribution in [0.3, 0.4) is 0 Å². The van der Waals surface area contributed by atoms with Gasteiger partial charge in [-0.05, 0) is 13.0 Å². The molecule has 1 aliphatic heterocycles. The Hall–Kier alpha value is -1.70. The smallest absolute Gasteiger partial charge is 0.152 e. The molecule has 2 aromatic heterocycles. The van der Waals surface area contributed by atoms with Crippen molar-refractivity contribution in [2.75, 3.05) is 44.7 Å². The lowest BCUT2D eigenvalue weighted by Gasteiger charge is -2.28. The van der Waals surface area contributed by atoms with Gasteiger partial charge in [0.25, 0.3) is 0 Å². The summed E-state index contributed by atoms with van der Waals surface area (Å²) in [5.74, 6) is 0.749. The van der Waals surface area contributed by atoms with Gasteiger partial charge in [-0.1, -0.05) is 0 Å². The van der Waals surface area contributed by atoms with Gasteiger partial charge in [-0.2, -0.15) is 5.10 Å². The van der Waals surface area contributed by atoms with Crippen LogP contribution in [0.5, 0.6) is 0 Å². The van der Waals surface area contributed by atoms with E-state index in [4.69, 9.17) is 4.74 Å². The fourth-order valence-corrected chi connectivity index (χ4v) is 2.54. The van der Waals surface area contributed by atoms with Crippen LogP contribution in [0.25, 0.3) is 5.52 Å². The molecule has 3 rings (SSSR count). The second-order valence-electron chi connectivity index (χ2n) is 5.34. The number of nitrogens with one attached hydrogen (secondary N) is 1. The summed E-state index contributed by atoms with van der Waals surface area (Å²) in [6.45, 7) is 6.32. The van der Waals surface area contributed by atoms with Gasteiger partial charge in [0.15, 0.2) is 5.82 Å². The second kappa shape index (κ2) is 6.38. The van der Waals surface area contributed by atoms with E-state index in [0.29, 0.717) is 13.1 Å². The van der Waals surface area contributed by atoms with Crippen molar-refractivity contribution in [2.45, 2.75) is 13.0 Å². The molecule has 0 amide bonds. The van der Waals surface area contributed by atoms with Crippen molar-refractivity contribution < 1.29 is 9.84 Å². The van der Waals surface area contributed by atoms with Gasteiger partial charge in [0, 0.05) is 38.6 Å². The van der Waals surface area contributed by atoms with Gasteiger partial charge in [-0.25, -0.2) is 9.50 Å². The van der Waals surface area contributed by atoms with Crippen LogP contribution in [0, 0.1) is 6.92 Å². The highest BCUT2D eigenvalue weighted by Gasteiger charge is 2.15. The minimum absolute atomic E-state index is 0.436. The fourth-order valence-electron chi connectivity index (χ4n) is 2.54.